The van der Waals surface area contributed by atoms with Gasteiger partial charge in [-0.3, -0.25) is 9.89 Å². The quantitative estimate of drug-likeness (QED) is 0.374. The van der Waals surface area contributed by atoms with E-state index >= 15 is 0 Å². The summed E-state index contributed by atoms with van der Waals surface area (Å²) in [5.74, 6) is 0.556. The Balaban J connectivity index is 1.33. The minimum atomic E-state index is -4.53. The second kappa shape index (κ2) is 9.34. The van der Waals surface area contributed by atoms with Crippen molar-refractivity contribution < 1.29 is 22.7 Å². The molecule has 3 aromatic heterocycles. The molecule has 1 amide bonds. The number of ether oxygens (including phenoxy) is 1. The van der Waals surface area contributed by atoms with Gasteiger partial charge in [-0.1, -0.05) is 0 Å². The van der Waals surface area contributed by atoms with Crippen LogP contribution in [0.1, 0.15) is 40.4 Å². The number of hydrogen-bond acceptors (Lipinski definition) is 6. The zero-order chi connectivity index (χ0) is 24.4. The monoisotopic (exact) mass is 482 g/mol. The molecule has 0 aliphatic carbocycles. The number of pyridine rings is 2. The molecule has 11 heteroatoms. The number of nitrogens with one attached hydrogen (secondary N) is 3. The average Bonchev–Trinajstić information content (AvgIpc) is 3.30. The maximum Gasteiger partial charge on any atom is 0.416 e. The predicted octanol–water partition coefficient (Wildman–Crippen LogP) is 4.88. The molecule has 4 heterocycles. The van der Waals surface area contributed by atoms with Crippen molar-refractivity contribution in [2.24, 2.45) is 0 Å². The summed E-state index contributed by atoms with van der Waals surface area (Å²) in [4.78, 5) is 20.6. The zero-order valence-corrected chi connectivity index (χ0v) is 18.4. The van der Waals surface area contributed by atoms with Crippen molar-refractivity contribution in [1.29, 1.82) is 0 Å². The number of alkyl halides is 3. The average molecular weight is 482 g/mol. The lowest BCUT2D eigenvalue weighted by Crippen LogP contribution is -2.28. The van der Waals surface area contributed by atoms with Crippen molar-refractivity contribution in [2.75, 3.05) is 18.4 Å². The molecular formula is C24H21F3N6O2. The number of H-pyrrole nitrogens is 1. The van der Waals surface area contributed by atoms with Gasteiger partial charge in [0.25, 0.3) is 5.91 Å². The number of anilines is 1. The summed E-state index contributed by atoms with van der Waals surface area (Å²) in [5, 5.41) is 14.1. The van der Waals surface area contributed by atoms with Gasteiger partial charge >= 0.3 is 6.18 Å². The molecule has 0 saturated carbocycles. The zero-order valence-electron chi connectivity index (χ0n) is 18.4. The molecule has 0 spiro atoms. The van der Waals surface area contributed by atoms with Gasteiger partial charge < -0.3 is 15.4 Å². The van der Waals surface area contributed by atoms with Gasteiger partial charge in [-0.25, -0.2) is 9.97 Å². The Morgan fingerprint density at radius 2 is 1.89 bits per heavy atom. The van der Waals surface area contributed by atoms with Gasteiger partial charge in [0, 0.05) is 30.4 Å². The topological polar surface area (TPSA) is 105 Å². The lowest BCUT2D eigenvalue weighted by Gasteiger charge is -2.21. The van der Waals surface area contributed by atoms with E-state index in [0.717, 1.165) is 55.3 Å². The molecule has 1 aliphatic rings. The molecule has 1 unspecified atom stereocenters. The van der Waals surface area contributed by atoms with Crippen LogP contribution >= 0.6 is 0 Å². The Bertz CT molecular complexity index is 1350. The summed E-state index contributed by atoms with van der Waals surface area (Å²) in [6, 6.07) is 9.67. The fourth-order valence-corrected chi connectivity index (χ4v) is 4.08. The molecular weight excluding hydrogens is 461 g/mol. The summed E-state index contributed by atoms with van der Waals surface area (Å²) >= 11 is 0. The van der Waals surface area contributed by atoms with Crippen LogP contribution in [0.25, 0.3) is 11.0 Å². The fraction of sp³-hybridized carbons (Fsp3) is 0.250. The molecule has 1 aromatic carbocycles. The summed E-state index contributed by atoms with van der Waals surface area (Å²) in [5.41, 5.74) is 0.888. The van der Waals surface area contributed by atoms with Crippen LogP contribution in [0.15, 0.2) is 54.9 Å². The minimum absolute atomic E-state index is 0.186. The Labute approximate surface area is 197 Å². The van der Waals surface area contributed by atoms with E-state index in [1.54, 1.807) is 24.4 Å². The minimum Gasteiger partial charge on any atom is -0.456 e. The Hall–Kier alpha value is -3.99. The molecule has 1 atom stereocenters. The van der Waals surface area contributed by atoms with Crippen molar-refractivity contribution in [1.82, 2.24) is 25.5 Å². The smallest absolute Gasteiger partial charge is 0.416 e. The summed E-state index contributed by atoms with van der Waals surface area (Å²) < 4.78 is 44.8. The van der Waals surface area contributed by atoms with Crippen LogP contribution in [-0.4, -0.2) is 39.2 Å². The number of nitrogens with zero attached hydrogens (tertiary/aromatic N) is 3. The molecule has 0 radical (unpaired) electrons. The molecule has 1 aliphatic heterocycles. The Kier molecular flexibility index (Phi) is 6.08. The van der Waals surface area contributed by atoms with Crippen LogP contribution in [0.5, 0.6) is 11.5 Å². The van der Waals surface area contributed by atoms with Gasteiger partial charge in [0.15, 0.2) is 5.65 Å². The first-order valence-electron chi connectivity index (χ1n) is 11.0. The van der Waals surface area contributed by atoms with Crippen molar-refractivity contribution in [3.05, 3.63) is 71.7 Å². The van der Waals surface area contributed by atoms with E-state index in [0.29, 0.717) is 17.1 Å². The summed E-state index contributed by atoms with van der Waals surface area (Å²) in [7, 11) is 0. The van der Waals surface area contributed by atoms with E-state index < -0.39 is 17.6 Å². The second-order valence-corrected chi connectivity index (χ2v) is 8.19. The van der Waals surface area contributed by atoms with Gasteiger partial charge in [-0.2, -0.15) is 18.3 Å². The lowest BCUT2D eigenvalue weighted by molar-refractivity contribution is -0.137. The van der Waals surface area contributed by atoms with Crippen LogP contribution in [0, 0.1) is 0 Å². The summed E-state index contributed by atoms with van der Waals surface area (Å²) in [6.45, 7) is 1.82. The highest BCUT2D eigenvalue weighted by atomic mass is 19.4. The van der Waals surface area contributed by atoms with Crippen molar-refractivity contribution >= 4 is 22.8 Å². The van der Waals surface area contributed by atoms with Gasteiger partial charge in [-0.15, -0.1) is 0 Å². The maximum atomic E-state index is 12.9. The SMILES string of the molecule is O=C(Nc1cc(C(F)(F)F)ccn1)c1ccc(Oc2ccnc3[nH]nc(C4CCCNC4)c23)cc1. The highest BCUT2D eigenvalue weighted by Crippen LogP contribution is 2.35. The number of amides is 1. The van der Waals surface area contributed by atoms with Crippen molar-refractivity contribution in [2.45, 2.75) is 24.9 Å². The summed E-state index contributed by atoms with van der Waals surface area (Å²) in [6.07, 6.45) is 0.184. The Morgan fingerprint density at radius 3 is 2.63 bits per heavy atom. The van der Waals surface area contributed by atoms with Gasteiger partial charge in [0.05, 0.1) is 16.6 Å². The van der Waals surface area contributed by atoms with E-state index in [9.17, 15) is 18.0 Å². The molecule has 180 valence electrons. The van der Waals surface area contributed by atoms with E-state index in [1.165, 1.54) is 12.1 Å². The number of aromatic amines is 1. The number of piperidine rings is 1. The van der Waals surface area contributed by atoms with E-state index in [2.05, 4.69) is 30.8 Å². The van der Waals surface area contributed by atoms with E-state index in [4.69, 9.17) is 4.74 Å². The van der Waals surface area contributed by atoms with Gasteiger partial charge in [0.2, 0.25) is 0 Å². The maximum absolute atomic E-state index is 12.9. The van der Waals surface area contributed by atoms with Crippen LogP contribution in [-0.2, 0) is 6.18 Å². The largest absolute Gasteiger partial charge is 0.456 e. The highest BCUT2D eigenvalue weighted by Gasteiger charge is 2.31. The third kappa shape index (κ3) is 4.94. The van der Waals surface area contributed by atoms with E-state index in [-0.39, 0.29) is 17.3 Å². The normalized spacial score (nSPS) is 16.3. The number of benzene rings is 1. The number of halogens is 3. The van der Waals surface area contributed by atoms with E-state index in [1.807, 2.05) is 0 Å². The first-order chi connectivity index (χ1) is 16.9. The van der Waals surface area contributed by atoms with Crippen molar-refractivity contribution in [3.8, 4) is 11.5 Å². The molecule has 0 bridgehead atoms. The molecule has 8 nitrogen and oxygen atoms in total. The first kappa shape index (κ1) is 22.8. The third-order valence-electron chi connectivity index (χ3n) is 5.81. The Morgan fingerprint density at radius 1 is 1.09 bits per heavy atom. The van der Waals surface area contributed by atoms with Crippen LogP contribution in [0.2, 0.25) is 0 Å². The third-order valence-corrected chi connectivity index (χ3v) is 5.81. The molecule has 4 aromatic rings. The van der Waals surface area contributed by atoms with Gasteiger partial charge in [-0.05, 0) is 61.9 Å². The van der Waals surface area contributed by atoms with Crippen molar-refractivity contribution in [3.63, 3.8) is 0 Å². The standard InChI is InChI=1S/C24H21F3N6O2/c25-24(26,27)16-7-10-29-19(12-16)31-23(34)14-3-5-17(6-4-14)35-18-8-11-30-22-20(18)21(32-33-22)15-2-1-9-28-13-15/h3-8,10-12,15,28H,1-2,9,13H2,(H,29,31,34)(H,30,32,33). The number of carbonyl (C=O) groups is 1. The van der Waals surface area contributed by atoms with Gasteiger partial charge in [0.1, 0.15) is 17.3 Å². The number of aromatic nitrogens is 4. The molecule has 3 N–H and O–H groups in total. The fourth-order valence-electron chi connectivity index (χ4n) is 4.08. The van der Waals surface area contributed by atoms with Crippen LogP contribution in [0.4, 0.5) is 19.0 Å². The lowest BCUT2D eigenvalue weighted by atomic mass is 9.94. The number of rotatable bonds is 5. The highest BCUT2D eigenvalue weighted by molar-refractivity contribution is 6.03. The van der Waals surface area contributed by atoms with Crippen LogP contribution < -0.4 is 15.4 Å². The second-order valence-electron chi connectivity index (χ2n) is 8.19. The molecule has 1 saturated heterocycles. The molecule has 5 rings (SSSR count). The number of fused-ring (bicyclic) bond motifs is 1. The molecule has 35 heavy (non-hydrogen) atoms. The number of carbonyl (C=O) groups excluding carboxylic acids is 1. The van der Waals surface area contributed by atoms with Crippen LogP contribution in [0.3, 0.4) is 0 Å². The molecule has 1 fully saturated rings. The predicted molar refractivity (Wildman–Crippen MR) is 122 cm³/mol. The first-order valence-corrected chi connectivity index (χ1v) is 11.0. The number of hydrogen-bond donors (Lipinski definition) is 3.